The summed E-state index contributed by atoms with van der Waals surface area (Å²) in [6, 6.07) is 0. The molecule has 21 heavy (non-hydrogen) atoms. The number of carbonyl (C=O) groups is 2. The fourth-order valence-electron chi connectivity index (χ4n) is 1.97. The van der Waals surface area contributed by atoms with Crippen molar-refractivity contribution in [3.05, 3.63) is 11.2 Å². The molecule has 1 amide bonds. The van der Waals surface area contributed by atoms with E-state index in [1.807, 2.05) is 0 Å². The van der Waals surface area contributed by atoms with Crippen LogP contribution in [0.4, 0.5) is 5.00 Å². The minimum absolute atomic E-state index is 0.0907. The second-order valence-electron chi connectivity index (χ2n) is 4.42. The fraction of sp³-hybridized carbons (Fsp3) is 0.615. The number of esters is 1. The maximum atomic E-state index is 12.0. The van der Waals surface area contributed by atoms with Gasteiger partial charge in [-0.3, -0.25) is 4.79 Å². The van der Waals surface area contributed by atoms with Crippen LogP contribution in [0.25, 0.3) is 0 Å². The van der Waals surface area contributed by atoms with E-state index in [2.05, 4.69) is 10.3 Å². The molecular formula is C13H19N3O4S. The molecule has 7 nitrogen and oxygen atoms in total. The number of hydrogen-bond donors (Lipinski definition) is 1. The van der Waals surface area contributed by atoms with Crippen molar-refractivity contribution in [2.45, 2.75) is 13.3 Å². The lowest BCUT2D eigenvalue weighted by Gasteiger charge is -2.26. The summed E-state index contributed by atoms with van der Waals surface area (Å²) in [6.07, 6.45) is 0.375. The van der Waals surface area contributed by atoms with Crippen molar-refractivity contribution in [1.29, 1.82) is 0 Å². The highest BCUT2D eigenvalue weighted by Gasteiger charge is 2.18. The lowest BCUT2D eigenvalue weighted by atomic mass is 10.3. The SMILES string of the molecule is CCOC(=O)c1ncsc1NCCC(=O)N1CCOCC1. The van der Waals surface area contributed by atoms with Crippen molar-refractivity contribution in [1.82, 2.24) is 9.88 Å². The molecule has 0 radical (unpaired) electrons. The summed E-state index contributed by atoms with van der Waals surface area (Å²) in [5.74, 6) is -0.353. The number of hydrogen-bond acceptors (Lipinski definition) is 7. The number of ether oxygens (including phenoxy) is 2. The van der Waals surface area contributed by atoms with Gasteiger partial charge in [-0.15, -0.1) is 11.3 Å². The largest absolute Gasteiger partial charge is 0.461 e. The number of amides is 1. The standard InChI is InChI=1S/C13H19N3O4S/c1-2-20-13(18)11-12(21-9-15-11)14-4-3-10(17)16-5-7-19-8-6-16/h9,14H,2-8H2,1H3. The van der Waals surface area contributed by atoms with Gasteiger partial charge in [-0.25, -0.2) is 9.78 Å². The first-order valence-corrected chi connectivity index (χ1v) is 7.80. The minimum Gasteiger partial charge on any atom is -0.461 e. The highest BCUT2D eigenvalue weighted by Crippen LogP contribution is 2.20. The Morgan fingerprint density at radius 3 is 2.95 bits per heavy atom. The Bertz CT molecular complexity index is 486. The summed E-state index contributed by atoms with van der Waals surface area (Å²) < 4.78 is 10.1. The van der Waals surface area contributed by atoms with E-state index in [4.69, 9.17) is 9.47 Å². The van der Waals surface area contributed by atoms with Gasteiger partial charge in [0.25, 0.3) is 0 Å². The Hall–Kier alpha value is -1.67. The third kappa shape index (κ3) is 4.40. The van der Waals surface area contributed by atoms with Gasteiger partial charge in [-0.1, -0.05) is 0 Å². The van der Waals surface area contributed by atoms with Crippen LogP contribution in [0.5, 0.6) is 0 Å². The van der Waals surface area contributed by atoms with E-state index >= 15 is 0 Å². The monoisotopic (exact) mass is 313 g/mol. The average Bonchev–Trinajstić information content (AvgIpc) is 2.97. The van der Waals surface area contributed by atoms with Crippen LogP contribution in [0.15, 0.2) is 5.51 Å². The van der Waals surface area contributed by atoms with Crippen molar-refractivity contribution in [2.24, 2.45) is 0 Å². The van der Waals surface area contributed by atoms with E-state index in [-0.39, 0.29) is 11.6 Å². The first kappa shape index (κ1) is 15.7. The molecule has 0 aromatic carbocycles. The molecule has 1 fully saturated rings. The van der Waals surface area contributed by atoms with Gasteiger partial charge in [0, 0.05) is 26.1 Å². The van der Waals surface area contributed by atoms with Gasteiger partial charge in [-0.05, 0) is 6.92 Å². The second-order valence-corrected chi connectivity index (χ2v) is 5.28. The molecule has 116 valence electrons. The molecule has 2 heterocycles. The number of anilines is 1. The van der Waals surface area contributed by atoms with Crippen LogP contribution in [-0.4, -0.2) is 61.2 Å². The number of carbonyl (C=O) groups excluding carboxylic acids is 2. The molecule has 0 aliphatic carbocycles. The van der Waals surface area contributed by atoms with E-state index in [1.165, 1.54) is 11.3 Å². The Morgan fingerprint density at radius 2 is 2.24 bits per heavy atom. The highest BCUT2D eigenvalue weighted by atomic mass is 32.1. The third-order valence-corrected chi connectivity index (χ3v) is 3.81. The first-order chi connectivity index (χ1) is 10.2. The maximum absolute atomic E-state index is 12.0. The molecule has 0 saturated carbocycles. The van der Waals surface area contributed by atoms with E-state index in [0.717, 1.165) is 0 Å². The predicted octanol–water partition coefficient (Wildman–Crippen LogP) is 0.981. The zero-order valence-corrected chi connectivity index (χ0v) is 12.8. The van der Waals surface area contributed by atoms with Crippen LogP contribution < -0.4 is 5.32 Å². The molecule has 1 N–H and O–H groups in total. The van der Waals surface area contributed by atoms with Gasteiger partial charge in [0.2, 0.25) is 5.91 Å². The zero-order valence-electron chi connectivity index (χ0n) is 12.0. The molecule has 2 rings (SSSR count). The summed E-state index contributed by atoms with van der Waals surface area (Å²) in [6.45, 7) is 5.01. The van der Waals surface area contributed by atoms with E-state index < -0.39 is 5.97 Å². The molecule has 1 aliphatic rings. The number of nitrogens with one attached hydrogen (secondary N) is 1. The van der Waals surface area contributed by atoms with Crippen LogP contribution in [0.1, 0.15) is 23.8 Å². The van der Waals surface area contributed by atoms with Crippen molar-refractivity contribution < 1.29 is 19.1 Å². The van der Waals surface area contributed by atoms with Crippen molar-refractivity contribution in [2.75, 3.05) is 44.8 Å². The smallest absolute Gasteiger partial charge is 0.360 e. The van der Waals surface area contributed by atoms with Gasteiger partial charge in [-0.2, -0.15) is 0 Å². The fourth-order valence-corrected chi connectivity index (χ4v) is 2.67. The first-order valence-electron chi connectivity index (χ1n) is 6.92. The Kier molecular flexibility index (Phi) is 5.94. The molecule has 0 unspecified atom stereocenters. The summed E-state index contributed by atoms with van der Waals surface area (Å²) in [5.41, 5.74) is 1.86. The highest BCUT2D eigenvalue weighted by molar-refractivity contribution is 7.14. The van der Waals surface area contributed by atoms with Crippen LogP contribution in [0.2, 0.25) is 0 Å². The van der Waals surface area contributed by atoms with Crippen LogP contribution in [0.3, 0.4) is 0 Å². The van der Waals surface area contributed by atoms with Crippen molar-refractivity contribution in [3.63, 3.8) is 0 Å². The van der Waals surface area contributed by atoms with Gasteiger partial charge in [0.15, 0.2) is 5.69 Å². The Balaban J connectivity index is 1.79. The molecule has 1 aliphatic heterocycles. The topological polar surface area (TPSA) is 80.8 Å². The average molecular weight is 313 g/mol. The van der Waals surface area contributed by atoms with Crippen LogP contribution in [-0.2, 0) is 14.3 Å². The van der Waals surface area contributed by atoms with Gasteiger partial charge < -0.3 is 19.7 Å². The lowest BCUT2D eigenvalue weighted by Crippen LogP contribution is -2.41. The summed E-state index contributed by atoms with van der Waals surface area (Å²) in [4.78, 5) is 29.4. The van der Waals surface area contributed by atoms with Gasteiger partial charge in [0.05, 0.1) is 25.3 Å². The summed E-state index contributed by atoms with van der Waals surface area (Å²) in [5, 5.41) is 3.72. The Labute approximate surface area is 127 Å². The number of thiazole rings is 1. The maximum Gasteiger partial charge on any atom is 0.360 e. The normalized spacial score (nSPS) is 14.8. The van der Waals surface area contributed by atoms with E-state index in [1.54, 1.807) is 17.3 Å². The number of nitrogens with zero attached hydrogens (tertiary/aromatic N) is 2. The molecule has 8 heteroatoms. The molecular weight excluding hydrogens is 294 g/mol. The molecule has 1 aromatic rings. The van der Waals surface area contributed by atoms with E-state index in [0.29, 0.717) is 50.9 Å². The lowest BCUT2D eigenvalue weighted by molar-refractivity contribution is -0.134. The molecule has 0 bridgehead atoms. The number of aromatic nitrogens is 1. The molecule has 1 saturated heterocycles. The van der Waals surface area contributed by atoms with Crippen LogP contribution >= 0.6 is 11.3 Å². The van der Waals surface area contributed by atoms with Crippen molar-refractivity contribution in [3.8, 4) is 0 Å². The Morgan fingerprint density at radius 1 is 1.48 bits per heavy atom. The van der Waals surface area contributed by atoms with Gasteiger partial charge in [0.1, 0.15) is 5.00 Å². The molecule has 1 aromatic heterocycles. The second kappa shape index (κ2) is 7.94. The summed E-state index contributed by atoms with van der Waals surface area (Å²) in [7, 11) is 0. The predicted molar refractivity (Wildman–Crippen MR) is 78.6 cm³/mol. The van der Waals surface area contributed by atoms with Crippen LogP contribution in [0, 0.1) is 0 Å². The zero-order chi connectivity index (χ0) is 15.1. The third-order valence-electron chi connectivity index (χ3n) is 3.02. The van der Waals surface area contributed by atoms with E-state index in [9.17, 15) is 9.59 Å². The number of morpholine rings is 1. The quantitative estimate of drug-likeness (QED) is 0.789. The van der Waals surface area contributed by atoms with Gasteiger partial charge >= 0.3 is 5.97 Å². The number of rotatable bonds is 6. The molecule has 0 spiro atoms. The minimum atomic E-state index is -0.444. The van der Waals surface area contributed by atoms with Crippen molar-refractivity contribution >= 4 is 28.2 Å². The summed E-state index contributed by atoms with van der Waals surface area (Å²) >= 11 is 1.32. The molecule has 0 atom stereocenters.